The van der Waals surface area contributed by atoms with Crippen molar-refractivity contribution in [2.45, 2.75) is 76.7 Å². The van der Waals surface area contributed by atoms with Crippen LogP contribution in [0.3, 0.4) is 0 Å². The molecule has 0 aliphatic heterocycles. The maximum absolute atomic E-state index is 12.5. The molecule has 1 aliphatic carbocycles. The van der Waals surface area contributed by atoms with Gasteiger partial charge >= 0.3 is 12.6 Å². The van der Waals surface area contributed by atoms with Crippen molar-refractivity contribution in [2.75, 3.05) is 0 Å². The van der Waals surface area contributed by atoms with Gasteiger partial charge in [-0.2, -0.15) is 8.78 Å². The smallest absolute Gasteiger partial charge is 0.388 e. The molecule has 0 saturated heterocycles. The molecule has 2 heterocycles. The van der Waals surface area contributed by atoms with Crippen molar-refractivity contribution in [3.63, 3.8) is 0 Å². The SMILES string of the molecule is O=C(O)C[C@H](CC(=O)CCCCc1ccc2c(n1)CCCC2)c1ccc(OC(F)F)nc1. The minimum absolute atomic E-state index is 0.0254. The first-order valence-corrected chi connectivity index (χ1v) is 11.0. The Hall–Kier alpha value is -2.90. The van der Waals surface area contributed by atoms with E-state index in [2.05, 4.69) is 21.9 Å². The molecule has 1 atom stereocenters. The monoisotopic (exact) mass is 446 g/mol. The average molecular weight is 446 g/mol. The lowest BCUT2D eigenvalue weighted by atomic mass is 9.90. The number of carbonyl (C=O) groups excluding carboxylic acids is 1. The Labute approximate surface area is 186 Å². The van der Waals surface area contributed by atoms with Crippen LogP contribution >= 0.6 is 0 Å². The van der Waals surface area contributed by atoms with Crippen LogP contribution in [0, 0.1) is 0 Å². The summed E-state index contributed by atoms with van der Waals surface area (Å²) in [6.45, 7) is -2.98. The number of rotatable bonds is 12. The van der Waals surface area contributed by atoms with Gasteiger partial charge in [0.2, 0.25) is 5.88 Å². The van der Waals surface area contributed by atoms with Gasteiger partial charge in [-0.05, 0) is 62.1 Å². The standard InChI is InChI=1S/C24H28F2N2O4/c25-24(26)32-22-12-10-17(15-27-22)18(14-23(30)31)13-20(29)7-3-2-6-19-11-9-16-5-1-4-8-21(16)28-19/h9-12,15,18,24H,1-8,13-14H2,(H,30,31)/t18-/m0/s1. The van der Waals surface area contributed by atoms with Crippen molar-refractivity contribution in [3.8, 4) is 5.88 Å². The lowest BCUT2D eigenvalue weighted by Gasteiger charge is -2.16. The van der Waals surface area contributed by atoms with Gasteiger partial charge in [0.05, 0.1) is 6.42 Å². The molecule has 2 aromatic rings. The van der Waals surface area contributed by atoms with E-state index in [4.69, 9.17) is 4.98 Å². The Balaban J connectivity index is 1.48. The first kappa shape index (κ1) is 23.8. The maximum atomic E-state index is 12.5. The van der Waals surface area contributed by atoms with E-state index < -0.39 is 18.5 Å². The number of ether oxygens (including phenoxy) is 1. The summed E-state index contributed by atoms with van der Waals surface area (Å²) in [5, 5.41) is 9.19. The molecule has 8 heteroatoms. The highest BCUT2D eigenvalue weighted by molar-refractivity contribution is 5.80. The van der Waals surface area contributed by atoms with Crippen LogP contribution in [0.5, 0.6) is 5.88 Å². The molecular weight excluding hydrogens is 418 g/mol. The molecule has 1 N–H and O–H groups in total. The molecule has 0 aromatic carbocycles. The molecule has 0 amide bonds. The van der Waals surface area contributed by atoms with Gasteiger partial charge in [-0.3, -0.25) is 14.6 Å². The van der Waals surface area contributed by atoms with Gasteiger partial charge in [0.1, 0.15) is 5.78 Å². The highest BCUT2D eigenvalue weighted by atomic mass is 19.3. The Morgan fingerprint density at radius 3 is 2.59 bits per heavy atom. The molecule has 0 spiro atoms. The predicted molar refractivity (Wildman–Crippen MR) is 114 cm³/mol. The first-order valence-electron chi connectivity index (χ1n) is 11.0. The Morgan fingerprint density at radius 2 is 1.88 bits per heavy atom. The van der Waals surface area contributed by atoms with E-state index in [0.29, 0.717) is 18.4 Å². The third kappa shape index (κ3) is 7.35. The summed E-state index contributed by atoms with van der Waals surface area (Å²) >= 11 is 0. The van der Waals surface area contributed by atoms with Crippen molar-refractivity contribution in [1.29, 1.82) is 0 Å². The van der Waals surface area contributed by atoms with E-state index in [-0.39, 0.29) is 24.5 Å². The second kappa shape index (κ2) is 11.6. The van der Waals surface area contributed by atoms with Crippen molar-refractivity contribution in [2.24, 2.45) is 0 Å². The van der Waals surface area contributed by atoms with Crippen molar-refractivity contribution < 1.29 is 28.2 Å². The quantitative estimate of drug-likeness (QED) is 0.467. The number of aryl methyl sites for hydroxylation is 3. The lowest BCUT2D eigenvalue weighted by molar-refractivity contribution is -0.137. The summed E-state index contributed by atoms with van der Waals surface area (Å²) < 4.78 is 28.7. The zero-order valence-electron chi connectivity index (χ0n) is 17.9. The van der Waals surface area contributed by atoms with Gasteiger partial charge in [-0.15, -0.1) is 0 Å². The van der Waals surface area contributed by atoms with Crippen LogP contribution in [0.25, 0.3) is 0 Å². The Morgan fingerprint density at radius 1 is 1.06 bits per heavy atom. The number of carbonyl (C=O) groups is 2. The van der Waals surface area contributed by atoms with Gasteiger partial charge in [0, 0.05) is 42.4 Å². The number of nitrogens with zero attached hydrogens (tertiary/aromatic N) is 2. The zero-order valence-corrected chi connectivity index (χ0v) is 17.9. The third-order valence-corrected chi connectivity index (χ3v) is 5.71. The number of hydrogen-bond acceptors (Lipinski definition) is 5. The number of halogens is 2. The molecule has 32 heavy (non-hydrogen) atoms. The zero-order chi connectivity index (χ0) is 22.9. The molecule has 0 bridgehead atoms. The first-order chi connectivity index (χ1) is 15.4. The van der Waals surface area contributed by atoms with E-state index in [0.717, 1.165) is 31.4 Å². The number of pyridine rings is 2. The molecule has 1 aliphatic rings. The molecule has 0 unspecified atom stereocenters. The van der Waals surface area contributed by atoms with Gasteiger partial charge in [-0.25, -0.2) is 4.98 Å². The summed E-state index contributed by atoms with van der Waals surface area (Å²) in [5.41, 5.74) is 4.13. The molecule has 2 aromatic heterocycles. The van der Waals surface area contributed by atoms with E-state index in [1.54, 1.807) is 0 Å². The summed E-state index contributed by atoms with van der Waals surface area (Å²) in [7, 11) is 0. The fourth-order valence-electron chi connectivity index (χ4n) is 4.08. The maximum Gasteiger partial charge on any atom is 0.388 e. The number of unbranched alkanes of at least 4 members (excludes halogenated alkanes) is 1. The predicted octanol–water partition coefficient (Wildman–Crippen LogP) is 4.89. The highest BCUT2D eigenvalue weighted by Gasteiger charge is 2.20. The van der Waals surface area contributed by atoms with Crippen LogP contribution in [0.15, 0.2) is 30.5 Å². The van der Waals surface area contributed by atoms with E-state index >= 15 is 0 Å². The highest BCUT2D eigenvalue weighted by Crippen LogP contribution is 2.26. The molecular formula is C24H28F2N2O4. The van der Waals surface area contributed by atoms with Gasteiger partial charge < -0.3 is 9.84 Å². The van der Waals surface area contributed by atoms with Crippen molar-refractivity contribution in [1.82, 2.24) is 9.97 Å². The molecule has 6 nitrogen and oxygen atoms in total. The second-order valence-corrected chi connectivity index (χ2v) is 8.17. The molecule has 0 saturated carbocycles. The summed E-state index contributed by atoms with van der Waals surface area (Å²) in [6, 6.07) is 6.98. The summed E-state index contributed by atoms with van der Waals surface area (Å²) in [4.78, 5) is 32.2. The van der Waals surface area contributed by atoms with Crippen LogP contribution in [-0.4, -0.2) is 33.4 Å². The van der Waals surface area contributed by atoms with Gasteiger partial charge in [0.15, 0.2) is 0 Å². The number of Topliss-reactive ketones (excluding diaryl/α,β-unsaturated/α-hetero) is 1. The minimum atomic E-state index is -2.98. The minimum Gasteiger partial charge on any atom is -0.481 e. The van der Waals surface area contributed by atoms with E-state index in [1.807, 2.05) is 0 Å². The van der Waals surface area contributed by atoms with E-state index in [9.17, 15) is 23.5 Å². The van der Waals surface area contributed by atoms with Crippen LogP contribution in [0.2, 0.25) is 0 Å². The number of aliphatic carboxylic acids is 1. The Kier molecular flexibility index (Phi) is 8.64. The fraction of sp³-hybridized carbons (Fsp3) is 0.500. The van der Waals surface area contributed by atoms with Crippen molar-refractivity contribution in [3.05, 3.63) is 53.0 Å². The number of ketones is 1. The van der Waals surface area contributed by atoms with Crippen molar-refractivity contribution >= 4 is 11.8 Å². The molecule has 3 rings (SSSR count). The normalized spacial score (nSPS) is 14.1. The number of hydrogen-bond donors (Lipinski definition) is 1. The van der Waals surface area contributed by atoms with Crippen LogP contribution in [0.1, 0.15) is 73.4 Å². The number of carboxylic acid groups (broad SMARTS) is 1. The average Bonchev–Trinajstić information content (AvgIpc) is 2.76. The second-order valence-electron chi connectivity index (χ2n) is 8.17. The van der Waals surface area contributed by atoms with E-state index in [1.165, 1.54) is 42.4 Å². The fourth-order valence-corrected chi connectivity index (χ4v) is 4.08. The van der Waals surface area contributed by atoms with Gasteiger partial charge in [-0.1, -0.05) is 12.1 Å². The number of fused-ring (bicyclic) bond motifs is 1. The number of alkyl halides is 2. The molecule has 0 radical (unpaired) electrons. The Bertz CT molecular complexity index is 919. The number of aromatic nitrogens is 2. The summed E-state index contributed by atoms with van der Waals surface area (Å²) in [5.74, 6) is -1.87. The number of carboxylic acids is 1. The largest absolute Gasteiger partial charge is 0.481 e. The van der Waals surface area contributed by atoms with Crippen LogP contribution in [0.4, 0.5) is 8.78 Å². The molecule has 172 valence electrons. The van der Waals surface area contributed by atoms with Crippen LogP contribution in [-0.2, 0) is 28.9 Å². The van der Waals surface area contributed by atoms with Crippen LogP contribution < -0.4 is 4.74 Å². The van der Waals surface area contributed by atoms with Gasteiger partial charge in [0.25, 0.3) is 0 Å². The topological polar surface area (TPSA) is 89.4 Å². The summed E-state index contributed by atoms with van der Waals surface area (Å²) in [6.07, 6.45) is 8.40. The third-order valence-electron chi connectivity index (χ3n) is 5.71. The molecule has 0 fully saturated rings. The lowest BCUT2D eigenvalue weighted by Crippen LogP contribution is -2.12.